The highest BCUT2D eigenvalue weighted by Gasteiger charge is 2.39. The van der Waals surface area contributed by atoms with Crippen LogP contribution in [0.4, 0.5) is 0 Å². The van der Waals surface area contributed by atoms with E-state index >= 15 is 0 Å². The smallest absolute Gasteiger partial charge is 0.277 e. The molecule has 1 saturated heterocycles. The maximum Gasteiger partial charge on any atom is 0.277 e. The minimum Gasteiger partial charge on any atom is -0.469 e. The van der Waals surface area contributed by atoms with Crippen molar-refractivity contribution in [2.45, 2.75) is 56.3 Å². The van der Waals surface area contributed by atoms with Gasteiger partial charge in [0.15, 0.2) is 9.84 Å². The maximum atomic E-state index is 13.0. The molecule has 8 nitrogen and oxygen atoms in total. The van der Waals surface area contributed by atoms with Crippen molar-refractivity contribution in [1.82, 2.24) is 15.1 Å². The monoisotopic (exact) mass is 425 g/mol. The zero-order chi connectivity index (χ0) is 19.7. The number of sulfone groups is 1. The third-order valence-corrected chi connectivity index (χ3v) is 7.98. The summed E-state index contributed by atoms with van der Waals surface area (Å²) in [6.07, 6.45) is 6.13. The Morgan fingerprint density at radius 3 is 2.68 bits per heavy atom. The van der Waals surface area contributed by atoms with E-state index in [1.807, 2.05) is 11.8 Å². The highest BCUT2D eigenvalue weighted by Crippen LogP contribution is 2.31. The van der Waals surface area contributed by atoms with Crippen molar-refractivity contribution >= 4 is 27.5 Å². The number of aryl methyl sites for hydroxylation is 1. The van der Waals surface area contributed by atoms with Crippen molar-refractivity contribution in [3.63, 3.8) is 0 Å². The predicted molar refractivity (Wildman–Crippen MR) is 104 cm³/mol. The van der Waals surface area contributed by atoms with Crippen LogP contribution in [0.3, 0.4) is 0 Å². The normalized spacial score (nSPS) is 22.0. The minimum atomic E-state index is -3.05. The van der Waals surface area contributed by atoms with E-state index in [4.69, 9.17) is 8.83 Å². The van der Waals surface area contributed by atoms with Crippen LogP contribution in [-0.2, 0) is 14.6 Å². The summed E-state index contributed by atoms with van der Waals surface area (Å²) in [7, 11) is -3.05. The van der Waals surface area contributed by atoms with Crippen LogP contribution in [0.2, 0.25) is 0 Å². The van der Waals surface area contributed by atoms with Crippen molar-refractivity contribution in [1.29, 1.82) is 0 Å². The van der Waals surface area contributed by atoms with E-state index in [2.05, 4.69) is 10.2 Å². The topological polar surface area (TPSA) is 107 Å². The quantitative estimate of drug-likeness (QED) is 0.650. The number of thioether (sulfide) groups is 1. The first kappa shape index (κ1) is 19.5. The van der Waals surface area contributed by atoms with E-state index in [9.17, 15) is 13.2 Å². The number of nitrogens with zero attached hydrogens (tertiary/aromatic N) is 3. The van der Waals surface area contributed by atoms with E-state index in [1.54, 1.807) is 12.3 Å². The summed E-state index contributed by atoms with van der Waals surface area (Å²) < 4.78 is 34.7. The Morgan fingerprint density at radius 2 is 2.04 bits per heavy atom. The van der Waals surface area contributed by atoms with Crippen LogP contribution in [0.1, 0.15) is 37.9 Å². The molecule has 2 fully saturated rings. The van der Waals surface area contributed by atoms with Crippen molar-refractivity contribution in [2.75, 3.05) is 17.3 Å². The first-order valence-electron chi connectivity index (χ1n) is 9.45. The van der Waals surface area contributed by atoms with E-state index in [-0.39, 0.29) is 35.2 Å². The van der Waals surface area contributed by atoms with Gasteiger partial charge in [-0.2, -0.15) is 0 Å². The molecule has 2 aromatic heterocycles. The number of aromatic nitrogens is 2. The second-order valence-electron chi connectivity index (χ2n) is 7.35. The molecule has 152 valence electrons. The number of carbonyl (C=O) groups excluding carboxylic acids is 1. The lowest BCUT2D eigenvalue weighted by molar-refractivity contribution is -0.132. The number of hydrogen-bond donors (Lipinski definition) is 0. The van der Waals surface area contributed by atoms with Gasteiger partial charge in [-0.25, -0.2) is 8.42 Å². The average Bonchev–Trinajstić information content (AvgIpc) is 3.42. The molecule has 2 aromatic rings. The molecule has 0 bridgehead atoms. The van der Waals surface area contributed by atoms with Crippen LogP contribution in [0, 0.1) is 6.92 Å². The first-order valence-corrected chi connectivity index (χ1v) is 12.3. The van der Waals surface area contributed by atoms with Gasteiger partial charge in [0.2, 0.25) is 5.91 Å². The Balaban J connectivity index is 1.43. The molecule has 1 aliphatic carbocycles. The molecule has 2 aliphatic rings. The van der Waals surface area contributed by atoms with E-state index < -0.39 is 9.84 Å². The van der Waals surface area contributed by atoms with Gasteiger partial charge < -0.3 is 13.7 Å². The fraction of sp³-hybridized carbons (Fsp3) is 0.611. The number of carbonyl (C=O) groups is 1. The molecule has 28 heavy (non-hydrogen) atoms. The number of amides is 1. The van der Waals surface area contributed by atoms with E-state index in [1.165, 1.54) is 11.8 Å². The van der Waals surface area contributed by atoms with Crippen LogP contribution < -0.4 is 0 Å². The molecular formula is C18H23N3O5S2. The number of furan rings is 1. The lowest BCUT2D eigenvalue weighted by Gasteiger charge is -2.34. The summed E-state index contributed by atoms with van der Waals surface area (Å²) in [6.45, 7) is 1.81. The zero-order valence-electron chi connectivity index (χ0n) is 15.7. The SMILES string of the molecule is Cc1occc1-c1nnc(SCC(=O)N(C2CCCC2)C2CCS(=O)(=O)C2)o1. The fourth-order valence-electron chi connectivity index (χ4n) is 4.06. The molecule has 1 aliphatic heterocycles. The molecule has 0 radical (unpaired) electrons. The van der Waals surface area contributed by atoms with Gasteiger partial charge in [-0.15, -0.1) is 10.2 Å². The summed E-state index contributed by atoms with van der Waals surface area (Å²) in [4.78, 5) is 14.8. The highest BCUT2D eigenvalue weighted by atomic mass is 32.2. The number of hydrogen-bond acceptors (Lipinski definition) is 8. The zero-order valence-corrected chi connectivity index (χ0v) is 17.3. The number of rotatable bonds is 6. The highest BCUT2D eigenvalue weighted by molar-refractivity contribution is 7.99. The van der Waals surface area contributed by atoms with Crippen LogP contribution in [0.5, 0.6) is 0 Å². The summed E-state index contributed by atoms with van der Waals surface area (Å²) >= 11 is 1.19. The van der Waals surface area contributed by atoms with Crippen LogP contribution in [0.25, 0.3) is 11.5 Å². The predicted octanol–water partition coefficient (Wildman–Crippen LogP) is 2.69. The summed E-state index contributed by atoms with van der Waals surface area (Å²) in [6, 6.07) is 1.68. The summed E-state index contributed by atoms with van der Waals surface area (Å²) in [5.41, 5.74) is 0.731. The standard InChI is InChI=1S/C18H23N3O5S2/c1-12-15(6-8-25-12)17-19-20-18(26-17)27-10-16(22)21(13-4-2-3-5-13)14-7-9-28(23,24)11-14/h6,8,13-14H,2-5,7,9-11H2,1H3. The molecule has 1 amide bonds. The average molecular weight is 426 g/mol. The molecule has 1 unspecified atom stereocenters. The van der Waals surface area contributed by atoms with Crippen LogP contribution in [-0.4, -0.2) is 58.8 Å². The van der Waals surface area contributed by atoms with Crippen LogP contribution in [0.15, 0.2) is 26.4 Å². The largest absolute Gasteiger partial charge is 0.469 e. The molecular weight excluding hydrogens is 402 g/mol. The third-order valence-electron chi connectivity index (χ3n) is 5.42. The van der Waals surface area contributed by atoms with Gasteiger partial charge in [-0.05, 0) is 32.3 Å². The Bertz CT molecular complexity index is 946. The van der Waals surface area contributed by atoms with Gasteiger partial charge in [-0.1, -0.05) is 24.6 Å². The van der Waals surface area contributed by atoms with E-state index in [0.717, 1.165) is 31.2 Å². The molecule has 0 N–H and O–H groups in total. The molecule has 0 aromatic carbocycles. The molecule has 4 rings (SSSR count). The Labute approximate surface area is 168 Å². The van der Waals surface area contributed by atoms with Crippen molar-refractivity contribution in [2.24, 2.45) is 0 Å². The minimum absolute atomic E-state index is 0.0572. The first-order chi connectivity index (χ1) is 13.4. The van der Waals surface area contributed by atoms with Crippen LogP contribution >= 0.6 is 11.8 Å². The third kappa shape index (κ3) is 4.12. The molecule has 0 spiro atoms. The second kappa shape index (κ2) is 7.90. The van der Waals surface area contributed by atoms with Gasteiger partial charge in [0.1, 0.15) is 5.76 Å². The summed E-state index contributed by atoms with van der Waals surface area (Å²) in [5, 5.41) is 8.33. The van der Waals surface area contributed by atoms with E-state index in [0.29, 0.717) is 23.3 Å². The van der Waals surface area contributed by atoms with Gasteiger partial charge >= 0.3 is 0 Å². The molecule has 1 atom stereocenters. The lowest BCUT2D eigenvalue weighted by Crippen LogP contribution is -2.47. The van der Waals surface area contributed by atoms with Gasteiger partial charge in [0.05, 0.1) is 29.1 Å². The lowest BCUT2D eigenvalue weighted by atomic mass is 10.1. The van der Waals surface area contributed by atoms with Gasteiger partial charge in [-0.3, -0.25) is 4.79 Å². The second-order valence-corrected chi connectivity index (χ2v) is 10.5. The summed E-state index contributed by atoms with van der Waals surface area (Å²) in [5.74, 6) is 1.38. The van der Waals surface area contributed by atoms with Crippen molar-refractivity contribution < 1.29 is 22.0 Å². The van der Waals surface area contributed by atoms with Gasteiger partial charge in [0, 0.05) is 12.1 Å². The van der Waals surface area contributed by atoms with Crippen molar-refractivity contribution in [3.8, 4) is 11.5 Å². The Hall–Kier alpha value is -1.81. The molecule has 10 heteroatoms. The maximum absolute atomic E-state index is 13.0. The Morgan fingerprint density at radius 1 is 1.25 bits per heavy atom. The molecule has 1 saturated carbocycles. The molecule has 3 heterocycles. The fourth-order valence-corrected chi connectivity index (χ4v) is 6.41. The Kier molecular flexibility index (Phi) is 5.50. The van der Waals surface area contributed by atoms with Crippen molar-refractivity contribution in [3.05, 3.63) is 18.1 Å². The van der Waals surface area contributed by atoms with Gasteiger partial charge in [0.25, 0.3) is 11.1 Å².